The summed E-state index contributed by atoms with van der Waals surface area (Å²) in [5.41, 5.74) is 3.20. The number of hydrogen-bond acceptors (Lipinski definition) is 0. The molecule has 0 aromatic carbocycles. The molecule has 0 heterocycles. The third kappa shape index (κ3) is 2.63. The van der Waals surface area contributed by atoms with Crippen molar-refractivity contribution in [2.75, 3.05) is 0 Å². The molecule has 0 spiro atoms. The predicted molar refractivity (Wildman–Crippen MR) is 58.8 cm³/mol. The molecule has 0 fully saturated rings. The molecule has 12 heavy (non-hydrogen) atoms. The van der Waals surface area contributed by atoms with Crippen LogP contribution in [0.4, 0.5) is 0 Å². The highest BCUT2D eigenvalue weighted by Crippen LogP contribution is 2.35. The largest absolute Gasteiger partial charge is 0.316 e. The SMILES string of the molecule is CCC(C)(C)C1=C[CH]C(C)=C1.[MgH2]. The maximum atomic E-state index is 2.29. The lowest BCUT2D eigenvalue weighted by molar-refractivity contribution is 0.441. The highest BCUT2D eigenvalue weighted by Gasteiger charge is 2.21. The Balaban J connectivity index is 0.00000121. The molecule has 1 aliphatic rings. The first-order chi connectivity index (χ1) is 5.06. The van der Waals surface area contributed by atoms with Crippen LogP contribution in [0.15, 0.2) is 23.3 Å². The first-order valence-electron chi connectivity index (χ1n) is 4.30. The van der Waals surface area contributed by atoms with Crippen LogP contribution in [0.2, 0.25) is 0 Å². The average molecular weight is 176 g/mol. The lowest BCUT2D eigenvalue weighted by Gasteiger charge is -2.23. The molecule has 1 heteroatoms. The van der Waals surface area contributed by atoms with Gasteiger partial charge in [0.25, 0.3) is 0 Å². The van der Waals surface area contributed by atoms with Crippen molar-refractivity contribution in [3.05, 3.63) is 29.7 Å². The van der Waals surface area contributed by atoms with Gasteiger partial charge in [0, 0.05) is 6.42 Å². The first kappa shape index (κ1) is 12.2. The van der Waals surface area contributed by atoms with Gasteiger partial charge in [-0.05, 0) is 24.3 Å². The van der Waals surface area contributed by atoms with E-state index in [4.69, 9.17) is 0 Å². The molecule has 65 valence electrons. The highest BCUT2D eigenvalue weighted by atomic mass is 24.3. The molecule has 0 aromatic rings. The van der Waals surface area contributed by atoms with Crippen LogP contribution in [-0.2, 0) is 0 Å². The summed E-state index contributed by atoms with van der Waals surface area (Å²) in [5.74, 6) is 0. The third-order valence-corrected chi connectivity index (χ3v) is 2.57. The molecule has 0 aromatic heterocycles. The number of allylic oxidation sites excluding steroid dienone is 4. The molecule has 0 bridgehead atoms. The van der Waals surface area contributed by atoms with E-state index in [0.717, 1.165) is 0 Å². The monoisotopic (exact) mass is 175 g/mol. The zero-order valence-electron chi connectivity index (χ0n) is 7.94. The van der Waals surface area contributed by atoms with E-state index in [9.17, 15) is 0 Å². The van der Waals surface area contributed by atoms with E-state index in [1.54, 1.807) is 0 Å². The van der Waals surface area contributed by atoms with Crippen molar-refractivity contribution in [1.82, 2.24) is 0 Å². The Hall–Kier alpha value is 0.246. The highest BCUT2D eigenvalue weighted by molar-refractivity contribution is 5.75. The van der Waals surface area contributed by atoms with Crippen molar-refractivity contribution >= 4 is 23.1 Å². The maximum Gasteiger partial charge on any atom is 0.316 e. The second kappa shape index (κ2) is 4.47. The molecule has 0 aliphatic heterocycles. The minimum atomic E-state index is 0. The molecule has 0 amide bonds. The summed E-state index contributed by atoms with van der Waals surface area (Å²) in [6.45, 7) is 8.97. The molecule has 0 saturated carbocycles. The van der Waals surface area contributed by atoms with Crippen molar-refractivity contribution in [2.24, 2.45) is 5.41 Å². The van der Waals surface area contributed by atoms with Crippen molar-refractivity contribution in [3.8, 4) is 0 Å². The summed E-state index contributed by atoms with van der Waals surface area (Å²) in [6.07, 6.45) is 7.91. The van der Waals surface area contributed by atoms with Crippen molar-refractivity contribution in [2.45, 2.75) is 34.1 Å². The van der Waals surface area contributed by atoms with Gasteiger partial charge in [0.15, 0.2) is 0 Å². The van der Waals surface area contributed by atoms with Crippen molar-refractivity contribution < 1.29 is 0 Å². The van der Waals surface area contributed by atoms with Gasteiger partial charge >= 0.3 is 23.1 Å². The minimum Gasteiger partial charge on any atom is -0.0727 e. The summed E-state index contributed by atoms with van der Waals surface area (Å²) < 4.78 is 0. The van der Waals surface area contributed by atoms with Gasteiger partial charge in [0.1, 0.15) is 0 Å². The molecule has 0 unspecified atom stereocenters. The fourth-order valence-corrected chi connectivity index (χ4v) is 1.19. The molecule has 0 nitrogen and oxygen atoms in total. The van der Waals surface area contributed by atoms with Gasteiger partial charge in [-0.1, -0.05) is 38.5 Å². The Morgan fingerprint density at radius 2 is 1.92 bits per heavy atom. The smallest absolute Gasteiger partial charge is 0.0727 e. The second-order valence-electron chi connectivity index (χ2n) is 3.91. The van der Waals surface area contributed by atoms with Crippen LogP contribution in [0.5, 0.6) is 0 Å². The van der Waals surface area contributed by atoms with Crippen LogP contribution in [0.3, 0.4) is 0 Å². The fraction of sp³-hybridized carbons (Fsp3) is 0.545. The van der Waals surface area contributed by atoms with E-state index in [1.807, 2.05) is 0 Å². The lowest BCUT2D eigenvalue weighted by Crippen LogP contribution is -2.10. The van der Waals surface area contributed by atoms with E-state index in [2.05, 4.69) is 46.3 Å². The Labute approximate surface area is 92.3 Å². The standard InChI is InChI=1S/C11H17.Mg.2H/c1-5-11(3,4)10-7-6-9(2)8-10;;;/h6-8H,5H2,1-4H3;;;. The van der Waals surface area contributed by atoms with E-state index < -0.39 is 0 Å². The second-order valence-corrected chi connectivity index (χ2v) is 3.91. The average Bonchev–Trinajstić information content (AvgIpc) is 2.36. The molecule has 0 N–H and O–H groups in total. The van der Waals surface area contributed by atoms with Crippen LogP contribution >= 0.6 is 0 Å². The van der Waals surface area contributed by atoms with Gasteiger partial charge in [0.05, 0.1) is 0 Å². The number of hydrogen-bond donors (Lipinski definition) is 0. The summed E-state index contributed by atoms with van der Waals surface area (Å²) in [7, 11) is 0. The molecule has 1 aliphatic carbocycles. The Kier molecular flexibility index (Phi) is 4.57. The maximum absolute atomic E-state index is 2.29. The predicted octanol–water partition coefficient (Wildman–Crippen LogP) is 2.60. The summed E-state index contributed by atoms with van der Waals surface area (Å²) in [4.78, 5) is 0. The molecule has 1 radical (unpaired) electrons. The van der Waals surface area contributed by atoms with Crippen LogP contribution in [0.25, 0.3) is 0 Å². The minimum absolute atomic E-state index is 0. The zero-order valence-corrected chi connectivity index (χ0v) is 7.94. The van der Waals surface area contributed by atoms with Crippen molar-refractivity contribution in [1.29, 1.82) is 0 Å². The van der Waals surface area contributed by atoms with Gasteiger partial charge in [-0.15, -0.1) is 0 Å². The van der Waals surface area contributed by atoms with Gasteiger partial charge in [-0.3, -0.25) is 0 Å². The molecule has 0 saturated heterocycles. The summed E-state index contributed by atoms with van der Waals surface area (Å²) >= 11 is 0. The lowest BCUT2D eigenvalue weighted by atomic mass is 9.82. The quantitative estimate of drug-likeness (QED) is 0.566. The molecular weight excluding hydrogens is 156 g/mol. The fourth-order valence-electron chi connectivity index (χ4n) is 1.19. The van der Waals surface area contributed by atoms with E-state index in [0.29, 0.717) is 5.41 Å². The molecular formula is C11H19Mg. The van der Waals surface area contributed by atoms with Crippen LogP contribution in [0, 0.1) is 11.8 Å². The van der Waals surface area contributed by atoms with E-state index >= 15 is 0 Å². The third-order valence-electron chi connectivity index (χ3n) is 2.57. The van der Waals surface area contributed by atoms with E-state index in [1.165, 1.54) is 17.6 Å². The zero-order chi connectivity index (χ0) is 8.48. The molecule has 1 rings (SSSR count). The topological polar surface area (TPSA) is 0 Å². The van der Waals surface area contributed by atoms with Crippen LogP contribution in [-0.4, -0.2) is 23.1 Å². The summed E-state index contributed by atoms with van der Waals surface area (Å²) in [6, 6.07) is 0. The van der Waals surface area contributed by atoms with Crippen LogP contribution in [0.1, 0.15) is 34.1 Å². The van der Waals surface area contributed by atoms with Gasteiger partial charge in [-0.2, -0.15) is 0 Å². The van der Waals surface area contributed by atoms with Crippen molar-refractivity contribution in [3.63, 3.8) is 0 Å². The Morgan fingerprint density at radius 3 is 2.25 bits per heavy atom. The molecule has 0 atom stereocenters. The normalized spacial score (nSPS) is 16.7. The van der Waals surface area contributed by atoms with E-state index in [-0.39, 0.29) is 23.1 Å². The Morgan fingerprint density at radius 1 is 1.33 bits per heavy atom. The van der Waals surface area contributed by atoms with Gasteiger partial charge in [-0.25, -0.2) is 0 Å². The number of rotatable bonds is 2. The summed E-state index contributed by atoms with van der Waals surface area (Å²) in [5, 5.41) is 0. The van der Waals surface area contributed by atoms with Crippen LogP contribution < -0.4 is 0 Å². The van der Waals surface area contributed by atoms with Gasteiger partial charge < -0.3 is 0 Å². The Bertz CT molecular complexity index is 209. The first-order valence-corrected chi connectivity index (χ1v) is 4.30. The van der Waals surface area contributed by atoms with Gasteiger partial charge in [0.2, 0.25) is 0 Å².